The van der Waals surface area contributed by atoms with Crippen LogP contribution in [0.3, 0.4) is 0 Å². The molecule has 0 bridgehead atoms. The Bertz CT molecular complexity index is 1260. The lowest BCUT2D eigenvalue weighted by molar-refractivity contribution is -0.112. The van der Waals surface area contributed by atoms with Gasteiger partial charge < -0.3 is 14.6 Å². The predicted molar refractivity (Wildman–Crippen MR) is 116 cm³/mol. The fourth-order valence-electron chi connectivity index (χ4n) is 2.56. The fourth-order valence-corrected chi connectivity index (χ4v) is 3.49. The third kappa shape index (κ3) is 5.72. The van der Waals surface area contributed by atoms with E-state index in [2.05, 4.69) is 5.32 Å². The van der Waals surface area contributed by atoms with Crippen LogP contribution in [0.4, 0.5) is 5.69 Å². The molecule has 0 unspecified atom stereocenters. The van der Waals surface area contributed by atoms with E-state index in [9.17, 15) is 23.6 Å². The van der Waals surface area contributed by atoms with Gasteiger partial charge in [-0.25, -0.2) is 0 Å². The van der Waals surface area contributed by atoms with Crippen LogP contribution in [-0.2, 0) is 14.9 Å². The first-order valence-electron chi connectivity index (χ1n) is 9.10. The van der Waals surface area contributed by atoms with Gasteiger partial charge in [0.2, 0.25) is 0 Å². The summed E-state index contributed by atoms with van der Waals surface area (Å²) >= 11 is 0. The van der Waals surface area contributed by atoms with Crippen molar-refractivity contribution in [2.24, 2.45) is 0 Å². The fraction of sp³-hybridized carbons (Fsp3) is 0.0435. The third-order valence-corrected chi connectivity index (χ3v) is 5.46. The highest BCUT2D eigenvalue weighted by atomic mass is 32.2. The van der Waals surface area contributed by atoms with E-state index in [1.54, 1.807) is 12.1 Å². The topological polar surface area (TPSA) is 116 Å². The number of nitriles is 1. The molecule has 0 aliphatic heterocycles. The van der Waals surface area contributed by atoms with Crippen LogP contribution < -0.4 is 9.50 Å². The van der Waals surface area contributed by atoms with Gasteiger partial charge in [-0.2, -0.15) is 13.7 Å². The Morgan fingerprint density at radius 2 is 1.61 bits per heavy atom. The number of aromatic hydroxyl groups is 1. The smallest absolute Gasteiger partial charge is 0.339 e. The summed E-state index contributed by atoms with van der Waals surface area (Å²) in [6, 6.07) is 19.9. The molecule has 0 aliphatic carbocycles. The molecule has 8 heteroatoms. The number of nitrogens with zero attached hydrogens (tertiary/aromatic N) is 1. The minimum absolute atomic E-state index is 0.0414. The Hall–Kier alpha value is -4.09. The Morgan fingerprint density at radius 1 is 1.00 bits per heavy atom. The highest BCUT2D eigenvalue weighted by Gasteiger charge is 2.16. The summed E-state index contributed by atoms with van der Waals surface area (Å²) in [7, 11) is -3.97. The summed E-state index contributed by atoms with van der Waals surface area (Å²) in [5.74, 6) is -0.457. The van der Waals surface area contributed by atoms with Crippen molar-refractivity contribution < 1.29 is 22.5 Å². The molecule has 31 heavy (non-hydrogen) atoms. The average molecular weight is 434 g/mol. The van der Waals surface area contributed by atoms with Gasteiger partial charge >= 0.3 is 10.1 Å². The molecule has 0 saturated carbocycles. The Labute approximate surface area is 180 Å². The second-order valence-corrected chi connectivity index (χ2v) is 8.14. The first-order valence-corrected chi connectivity index (χ1v) is 10.5. The van der Waals surface area contributed by atoms with Crippen LogP contribution in [0.2, 0.25) is 0 Å². The lowest BCUT2D eigenvalue weighted by atomic mass is 10.1. The number of nitrogens with one attached hydrogen (secondary N) is 1. The van der Waals surface area contributed by atoms with Gasteiger partial charge in [-0.05, 0) is 67.1 Å². The normalized spacial score (nSPS) is 11.4. The number of benzene rings is 3. The molecule has 7 nitrogen and oxygen atoms in total. The molecule has 0 fully saturated rings. The molecular formula is C23H18N2O5S. The number of aryl methyl sites for hydroxylation is 1. The number of hydrogen-bond donors (Lipinski definition) is 2. The van der Waals surface area contributed by atoms with E-state index in [0.29, 0.717) is 11.3 Å². The van der Waals surface area contributed by atoms with E-state index in [0.717, 1.165) is 5.56 Å². The summed E-state index contributed by atoms with van der Waals surface area (Å²) in [6.45, 7) is 1.85. The summed E-state index contributed by atoms with van der Waals surface area (Å²) in [4.78, 5) is 12.3. The maximum Gasteiger partial charge on any atom is 0.339 e. The van der Waals surface area contributed by atoms with Gasteiger partial charge in [0.25, 0.3) is 5.91 Å². The van der Waals surface area contributed by atoms with E-state index in [1.807, 2.05) is 13.0 Å². The Balaban J connectivity index is 1.72. The highest BCUT2D eigenvalue weighted by Crippen LogP contribution is 2.21. The Morgan fingerprint density at radius 3 is 2.19 bits per heavy atom. The molecule has 3 rings (SSSR count). The van der Waals surface area contributed by atoms with Crippen molar-refractivity contribution in [2.75, 3.05) is 5.32 Å². The second kappa shape index (κ2) is 9.15. The van der Waals surface area contributed by atoms with Crippen molar-refractivity contribution in [3.63, 3.8) is 0 Å². The molecule has 1 amide bonds. The van der Waals surface area contributed by atoms with Crippen molar-refractivity contribution in [1.82, 2.24) is 0 Å². The number of amides is 1. The van der Waals surface area contributed by atoms with Crippen molar-refractivity contribution in [2.45, 2.75) is 11.8 Å². The van der Waals surface area contributed by atoms with Gasteiger partial charge in [0.05, 0.1) is 0 Å². The number of anilines is 1. The van der Waals surface area contributed by atoms with E-state index < -0.39 is 16.0 Å². The zero-order chi connectivity index (χ0) is 22.4. The molecule has 3 aromatic rings. The standard InChI is InChI=1S/C23H18N2O5S/c1-16-2-12-22(13-3-16)31(28,29)30-21-10-4-17(5-11-21)14-18(15-24)23(27)25-19-6-8-20(26)9-7-19/h2-14,26H,1H3,(H,25,27)/b18-14+. The van der Waals surface area contributed by atoms with Crippen LogP contribution in [0.5, 0.6) is 11.5 Å². The predicted octanol–water partition coefficient (Wildman–Crippen LogP) is 4.01. The first-order chi connectivity index (χ1) is 14.8. The maximum atomic E-state index is 12.4. The number of hydrogen-bond acceptors (Lipinski definition) is 6. The van der Waals surface area contributed by atoms with Gasteiger partial charge in [0.1, 0.15) is 28.0 Å². The molecule has 2 N–H and O–H groups in total. The molecule has 0 spiro atoms. The molecule has 0 radical (unpaired) electrons. The minimum Gasteiger partial charge on any atom is -0.508 e. The molecule has 3 aromatic carbocycles. The van der Waals surface area contributed by atoms with Gasteiger partial charge in [0, 0.05) is 5.69 Å². The first kappa shape index (κ1) is 21.6. The molecule has 0 heterocycles. The quantitative estimate of drug-likeness (QED) is 0.262. The number of carbonyl (C=O) groups excluding carboxylic acids is 1. The summed E-state index contributed by atoms with van der Waals surface area (Å²) in [5.41, 5.74) is 1.72. The summed E-state index contributed by atoms with van der Waals surface area (Å²) in [5, 5.41) is 21.2. The van der Waals surface area contributed by atoms with Crippen LogP contribution in [0.1, 0.15) is 11.1 Å². The number of phenolic OH excluding ortho intramolecular Hbond substituents is 1. The van der Waals surface area contributed by atoms with Crippen molar-refractivity contribution in [3.05, 3.63) is 89.5 Å². The molecule has 0 aromatic heterocycles. The lowest BCUT2D eigenvalue weighted by Gasteiger charge is -2.08. The Kier molecular flexibility index (Phi) is 6.38. The van der Waals surface area contributed by atoms with Crippen molar-refractivity contribution in [3.8, 4) is 17.6 Å². The minimum atomic E-state index is -3.97. The highest BCUT2D eigenvalue weighted by molar-refractivity contribution is 7.87. The maximum absolute atomic E-state index is 12.4. The number of phenols is 1. The van der Waals surface area contributed by atoms with Crippen molar-refractivity contribution in [1.29, 1.82) is 5.26 Å². The second-order valence-electron chi connectivity index (χ2n) is 6.59. The van der Waals surface area contributed by atoms with Crippen LogP contribution >= 0.6 is 0 Å². The van der Waals surface area contributed by atoms with E-state index in [1.165, 1.54) is 66.7 Å². The van der Waals surface area contributed by atoms with Gasteiger partial charge in [-0.1, -0.05) is 29.8 Å². The molecule has 0 aliphatic rings. The van der Waals surface area contributed by atoms with Crippen LogP contribution in [0.15, 0.2) is 83.3 Å². The van der Waals surface area contributed by atoms with Gasteiger partial charge in [-0.15, -0.1) is 0 Å². The van der Waals surface area contributed by atoms with Crippen LogP contribution in [0, 0.1) is 18.3 Å². The van der Waals surface area contributed by atoms with Gasteiger partial charge in [-0.3, -0.25) is 4.79 Å². The third-order valence-electron chi connectivity index (χ3n) is 4.20. The van der Waals surface area contributed by atoms with Crippen LogP contribution in [0.25, 0.3) is 6.08 Å². The summed E-state index contributed by atoms with van der Waals surface area (Å²) in [6.07, 6.45) is 1.37. The van der Waals surface area contributed by atoms with Gasteiger partial charge in [0.15, 0.2) is 0 Å². The van der Waals surface area contributed by atoms with Crippen LogP contribution in [-0.4, -0.2) is 19.4 Å². The van der Waals surface area contributed by atoms with Crippen molar-refractivity contribution >= 4 is 27.8 Å². The lowest BCUT2D eigenvalue weighted by Crippen LogP contribution is -2.13. The SMILES string of the molecule is Cc1ccc(S(=O)(=O)Oc2ccc(/C=C(\C#N)C(=O)Nc3ccc(O)cc3)cc2)cc1. The molecule has 0 atom stereocenters. The average Bonchev–Trinajstić information content (AvgIpc) is 2.75. The summed E-state index contributed by atoms with van der Waals surface area (Å²) < 4.78 is 29.9. The number of carbonyl (C=O) groups is 1. The molecular weight excluding hydrogens is 416 g/mol. The zero-order valence-corrected chi connectivity index (χ0v) is 17.3. The monoisotopic (exact) mass is 434 g/mol. The number of rotatable bonds is 6. The molecule has 0 saturated heterocycles. The van der Waals surface area contributed by atoms with E-state index >= 15 is 0 Å². The molecule has 156 valence electrons. The zero-order valence-electron chi connectivity index (χ0n) is 16.4. The van der Waals surface area contributed by atoms with E-state index in [-0.39, 0.29) is 22.0 Å². The van der Waals surface area contributed by atoms with E-state index in [4.69, 9.17) is 4.18 Å². The largest absolute Gasteiger partial charge is 0.508 e.